The van der Waals surface area contributed by atoms with Gasteiger partial charge in [0.15, 0.2) is 0 Å². The first-order valence-electron chi connectivity index (χ1n) is 10.7. The Morgan fingerprint density at radius 3 is 2.62 bits per heavy atom. The topological polar surface area (TPSA) is 49.4 Å². The van der Waals surface area contributed by atoms with Gasteiger partial charge in [-0.05, 0) is 49.1 Å². The first-order chi connectivity index (χ1) is 15.5. The van der Waals surface area contributed by atoms with Crippen molar-refractivity contribution in [2.45, 2.75) is 26.3 Å². The van der Waals surface area contributed by atoms with Crippen LogP contribution >= 0.6 is 22.7 Å². The lowest BCUT2D eigenvalue weighted by atomic mass is 9.95. The molecule has 1 fully saturated rings. The summed E-state index contributed by atoms with van der Waals surface area (Å²) in [6.45, 7) is 3.17. The number of piperidine rings is 1. The van der Waals surface area contributed by atoms with Gasteiger partial charge in [-0.1, -0.05) is 30.3 Å². The zero-order valence-corrected chi connectivity index (χ0v) is 19.3. The number of halogens is 1. The number of nitrogens with one attached hydrogen (secondary N) is 1. The van der Waals surface area contributed by atoms with Crippen LogP contribution in [0, 0.1) is 18.7 Å². The maximum atomic E-state index is 13.7. The van der Waals surface area contributed by atoms with Crippen molar-refractivity contribution < 1.29 is 14.0 Å². The number of nitrogens with zero attached hydrogens (tertiary/aromatic N) is 1. The van der Waals surface area contributed by atoms with Gasteiger partial charge < -0.3 is 10.2 Å². The zero-order chi connectivity index (χ0) is 22.2. The minimum Gasteiger partial charge on any atom is -0.352 e. The molecule has 4 nitrogen and oxygen atoms in total. The summed E-state index contributed by atoms with van der Waals surface area (Å²) in [7, 11) is 0. The van der Waals surface area contributed by atoms with Crippen LogP contribution in [-0.2, 0) is 11.3 Å². The second-order valence-corrected chi connectivity index (χ2v) is 10.4. The predicted molar refractivity (Wildman–Crippen MR) is 129 cm³/mol. The fourth-order valence-electron chi connectivity index (χ4n) is 4.19. The van der Waals surface area contributed by atoms with Crippen LogP contribution in [0.15, 0.2) is 48.5 Å². The average molecular weight is 467 g/mol. The molecular formula is C25H23FN2O2S2. The summed E-state index contributed by atoms with van der Waals surface area (Å²) in [6.07, 6.45) is 1.28. The van der Waals surface area contributed by atoms with Gasteiger partial charge >= 0.3 is 0 Å². The Bertz CT molecular complexity index is 1320. The Labute approximate surface area is 193 Å². The van der Waals surface area contributed by atoms with E-state index in [0.29, 0.717) is 38.0 Å². The second kappa shape index (κ2) is 8.64. The highest BCUT2D eigenvalue weighted by atomic mass is 32.1. The van der Waals surface area contributed by atoms with Crippen LogP contribution in [0.3, 0.4) is 0 Å². The number of carbonyl (C=O) groups is 2. The van der Waals surface area contributed by atoms with Gasteiger partial charge in [0.25, 0.3) is 5.91 Å². The Morgan fingerprint density at radius 2 is 1.84 bits per heavy atom. The smallest absolute Gasteiger partial charge is 0.263 e. The van der Waals surface area contributed by atoms with Crippen molar-refractivity contribution >= 4 is 54.0 Å². The maximum absolute atomic E-state index is 13.7. The first kappa shape index (κ1) is 21.1. The summed E-state index contributed by atoms with van der Waals surface area (Å²) in [5.41, 5.74) is 1.34. The number of fused-ring (bicyclic) bond motifs is 3. The molecule has 1 N–H and O–H groups in total. The van der Waals surface area contributed by atoms with Gasteiger partial charge in [0.05, 0.1) is 9.58 Å². The molecule has 164 valence electrons. The molecule has 0 atom stereocenters. The molecule has 3 heterocycles. The largest absolute Gasteiger partial charge is 0.352 e. The number of hydrogen-bond donors (Lipinski definition) is 1. The molecule has 0 radical (unpaired) electrons. The van der Waals surface area contributed by atoms with Crippen LogP contribution in [-0.4, -0.2) is 29.8 Å². The van der Waals surface area contributed by atoms with E-state index in [0.717, 1.165) is 15.1 Å². The van der Waals surface area contributed by atoms with Crippen molar-refractivity contribution in [3.63, 3.8) is 0 Å². The lowest BCUT2D eigenvalue weighted by Gasteiger charge is -2.31. The van der Waals surface area contributed by atoms with Gasteiger partial charge in [-0.3, -0.25) is 9.59 Å². The second-order valence-electron chi connectivity index (χ2n) is 8.27. The van der Waals surface area contributed by atoms with E-state index in [1.807, 2.05) is 29.2 Å². The van der Waals surface area contributed by atoms with E-state index in [1.54, 1.807) is 35.7 Å². The van der Waals surface area contributed by atoms with E-state index in [4.69, 9.17) is 0 Å². The number of likely N-dealkylation sites (tertiary alicyclic amines) is 1. The molecule has 4 aromatic rings. The highest BCUT2D eigenvalue weighted by Crippen LogP contribution is 2.39. The number of thiophene rings is 2. The van der Waals surface area contributed by atoms with Crippen molar-refractivity contribution in [3.05, 3.63) is 70.4 Å². The van der Waals surface area contributed by atoms with Crippen molar-refractivity contribution in [2.24, 2.45) is 5.92 Å². The van der Waals surface area contributed by atoms with Gasteiger partial charge in [-0.2, -0.15) is 0 Å². The summed E-state index contributed by atoms with van der Waals surface area (Å²) >= 11 is 3.28. The van der Waals surface area contributed by atoms with Crippen molar-refractivity contribution in [1.82, 2.24) is 10.2 Å². The molecular weight excluding hydrogens is 443 g/mol. The zero-order valence-electron chi connectivity index (χ0n) is 17.7. The van der Waals surface area contributed by atoms with Crippen LogP contribution in [0.2, 0.25) is 0 Å². The fourth-order valence-corrected chi connectivity index (χ4v) is 6.68. The number of carbonyl (C=O) groups excluding carboxylic acids is 2. The third kappa shape index (κ3) is 4.02. The molecule has 2 amide bonds. The summed E-state index contributed by atoms with van der Waals surface area (Å²) in [5.74, 6) is -0.354. The standard InChI is InChI=1S/C25H23FN2O2S2/c1-15-6-7-16(12-19(15)26)14-27-24(29)17-8-10-28(11-9-17)25(30)22-13-21-23(32-22)18-4-2-3-5-20(18)31-21/h2-7,12-13,17H,8-11,14H2,1H3,(H,27,29). The number of rotatable bonds is 4. The molecule has 0 saturated carbocycles. The molecule has 2 aromatic carbocycles. The molecule has 2 aromatic heterocycles. The SMILES string of the molecule is Cc1ccc(CNC(=O)C2CCN(C(=O)c3cc4sc5ccccc5c4s3)CC2)cc1F. The molecule has 0 spiro atoms. The first-order valence-corrected chi connectivity index (χ1v) is 12.4. The highest BCUT2D eigenvalue weighted by Gasteiger charge is 2.28. The van der Waals surface area contributed by atoms with Gasteiger partial charge in [0, 0.05) is 40.3 Å². The van der Waals surface area contributed by atoms with Crippen molar-refractivity contribution in [3.8, 4) is 0 Å². The van der Waals surface area contributed by atoms with Crippen molar-refractivity contribution in [2.75, 3.05) is 13.1 Å². The Balaban J connectivity index is 1.18. The summed E-state index contributed by atoms with van der Waals surface area (Å²) in [5, 5.41) is 4.13. The average Bonchev–Trinajstić information content (AvgIpc) is 3.37. The van der Waals surface area contributed by atoms with Crippen LogP contribution in [0.4, 0.5) is 4.39 Å². The van der Waals surface area contributed by atoms with Crippen LogP contribution < -0.4 is 5.32 Å². The van der Waals surface area contributed by atoms with E-state index < -0.39 is 0 Å². The number of amides is 2. The number of aryl methyl sites for hydroxylation is 1. The van der Waals surface area contributed by atoms with Crippen LogP contribution in [0.25, 0.3) is 19.5 Å². The van der Waals surface area contributed by atoms with Crippen LogP contribution in [0.1, 0.15) is 33.6 Å². The van der Waals surface area contributed by atoms with Crippen molar-refractivity contribution in [1.29, 1.82) is 0 Å². The van der Waals surface area contributed by atoms with E-state index in [-0.39, 0.29) is 23.5 Å². The molecule has 0 aliphatic carbocycles. The third-order valence-corrected chi connectivity index (χ3v) is 8.52. The normalized spacial score (nSPS) is 14.9. The number of hydrogen-bond acceptors (Lipinski definition) is 4. The monoisotopic (exact) mass is 466 g/mol. The maximum Gasteiger partial charge on any atom is 0.263 e. The van der Waals surface area contributed by atoms with E-state index >= 15 is 0 Å². The highest BCUT2D eigenvalue weighted by molar-refractivity contribution is 7.33. The molecule has 1 aliphatic heterocycles. The van der Waals surface area contributed by atoms with E-state index in [9.17, 15) is 14.0 Å². The minimum absolute atomic E-state index is 0.0267. The molecule has 32 heavy (non-hydrogen) atoms. The van der Waals surface area contributed by atoms with Gasteiger partial charge in [0.1, 0.15) is 5.82 Å². The summed E-state index contributed by atoms with van der Waals surface area (Å²) in [6, 6.07) is 15.3. The summed E-state index contributed by atoms with van der Waals surface area (Å²) in [4.78, 5) is 28.2. The summed E-state index contributed by atoms with van der Waals surface area (Å²) < 4.78 is 17.3. The fraction of sp³-hybridized carbons (Fsp3) is 0.280. The minimum atomic E-state index is -0.259. The van der Waals surface area contributed by atoms with Gasteiger partial charge in [-0.15, -0.1) is 22.7 Å². The molecule has 1 aliphatic rings. The molecule has 0 bridgehead atoms. The quantitative estimate of drug-likeness (QED) is 0.417. The lowest BCUT2D eigenvalue weighted by Crippen LogP contribution is -2.42. The molecule has 1 saturated heterocycles. The van der Waals surface area contributed by atoms with E-state index in [1.165, 1.54) is 20.9 Å². The lowest BCUT2D eigenvalue weighted by molar-refractivity contribution is -0.126. The molecule has 0 unspecified atom stereocenters. The Kier molecular flexibility index (Phi) is 5.69. The number of benzene rings is 2. The third-order valence-electron chi connectivity index (χ3n) is 6.12. The van der Waals surface area contributed by atoms with Gasteiger partial charge in [0.2, 0.25) is 5.91 Å². The molecule has 7 heteroatoms. The predicted octanol–water partition coefficient (Wildman–Crippen LogP) is 5.73. The Morgan fingerprint density at radius 1 is 1.06 bits per heavy atom. The van der Waals surface area contributed by atoms with Crippen LogP contribution in [0.5, 0.6) is 0 Å². The molecule has 5 rings (SSSR count). The Hall–Kier alpha value is -2.77. The van der Waals surface area contributed by atoms with E-state index in [2.05, 4.69) is 17.4 Å². The van der Waals surface area contributed by atoms with Gasteiger partial charge in [-0.25, -0.2) is 4.39 Å².